The molecular formula is C16H24N2O2. The monoisotopic (exact) mass is 276 g/mol. The van der Waals surface area contributed by atoms with Gasteiger partial charge in [0.1, 0.15) is 11.3 Å². The largest absolute Gasteiger partial charge is 0.493 e. The van der Waals surface area contributed by atoms with Crippen LogP contribution in [0.4, 0.5) is 0 Å². The summed E-state index contributed by atoms with van der Waals surface area (Å²) in [6, 6.07) is 10.1. The summed E-state index contributed by atoms with van der Waals surface area (Å²) < 4.78 is 5.76. The number of ether oxygens (including phenoxy) is 1. The van der Waals surface area contributed by atoms with Crippen LogP contribution in [0.3, 0.4) is 0 Å². The Kier molecular flexibility index (Phi) is 7.06. The Morgan fingerprint density at radius 1 is 1.40 bits per heavy atom. The maximum atomic E-state index is 9.17. The van der Waals surface area contributed by atoms with Crippen molar-refractivity contribution in [1.82, 2.24) is 5.32 Å². The molecule has 0 saturated heterocycles. The van der Waals surface area contributed by atoms with Gasteiger partial charge in [0.15, 0.2) is 0 Å². The van der Waals surface area contributed by atoms with Crippen molar-refractivity contribution < 1.29 is 9.84 Å². The summed E-state index contributed by atoms with van der Waals surface area (Å²) in [7, 11) is 0. The van der Waals surface area contributed by atoms with E-state index < -0.39 is 5.54 Å². The van der Waals surface area contributed by atoms with E-state index >= 15 is 0 Å². The van der Waals surface area contributed by atoms with Gasteiger partial charge >= 0.3 is 0 Å². The van der Waals surface area contributed by atoms with E-state index in [0.29, 0.717) is 13.0 Å². The highest BCUT2D eigenvalue weighted by atomic mass is 16.5. The van der Waals surface area contributed by atoms with Crippen molar-refractivity contribution in [3.63, 3.8) is 0 Å². The van der Waals surface area contributed by atoms with Crippen molar-refractivity contribution in [2.24, 2.45) is 0 Å². The fraction of sp³-hybridized carbons (Fsp3) is 0.562. The average molecular weight is 276 g/mol. The zero-order valence-electron chi connectivity index (χ0n) is 12.4. The third-order valence-electron chi connectivity index (χ3n) is 3.25. The van der Waals surface area contributed by atoms with Gasteiger partial charge in [-0.15, -0.1) is 0 Å². The first-order chi connectivity index (χ1) is 9.65. The third kappa shape index (κ3) is 5.20. The van der Waals surface area contributed by atoms with Gasteiger partial charge in [-0.3, -0.25) is 5.32 Å². The van der Waals surface area contributed by atoms with Gasteiger partial charge in [-0.25, -0.2) is 0 Å². The molecule has 4 nitrogen and oxygen atoms in total. The van der Waals surface area contributed by atoms with E-state index in [1.54, 1.807) is 0 Å². The van der Waals surface area contributed by atoms with E-state index in [2.05, 4.69) is 11.4 Å². The van der Waals surface area contributed by atoms with Crippen LogP contribution in [0.15, 0.2) is 24.3 Å². The molecule has 0 radical (unpaired) electrons. The third-order valence-corrected chi connectivity index (χ3v) is 3.25. The first-order valence-corrected chi connectivity index (χ1v) is 7.13. The van der Waals surface area contributed by atoms with Gasteiger partial charge in [-0.05, 0) is 44.4 Å². The van der Waals surface area contributed by atoms with Crippen LogP contribution in [-0.4, -0.2) is 30.4 Å². The number of hydrogen-bond acceptors (Lipinski definition) is 4. The first-order valence-electron chi connectivity index (χ1n) is 7.13. The van der Waals surface area contributed by atoms with Crippen LogP contribution in [0.5, 0.6) is 5.75 Å². The van der Waals surface area contributed by atoms with E-state index in [0.717, 1.165) is 30.7 Å². The lowest BCUT2D eigenvalue weighted by molar-refractivity contribution is 0.275. The van der Waals surface area contributed by atoms with Crippen molar-refractivity contribution in [2.75, 3.05) is 19.8 Å². The van der Waals surface area contributed by atoms with Crippen molar-refractivity contribution in [3.05, 3.63) is 29.8 Å². The lowest BCUT2D eigenvalue weighted by Crippen LogP contribution is -2.40. The highest BCUT2D eigenvalue weighted by Gasteiger charge is 2.21. The SMILES string of the molecule is CCNC(C)(C#N)CCCOc1ccccc1CCO. The van der Waals surface area contributed by atoms with Gasteiger partial charge in [-0.1, -0.05) is 25.1 Å². The minimum atomic E-state index is -0.483. The molecule has 0 aliphatic heterocycles. The molecule has 1 rings (SSSR count). The lowest BCUT2D eigenvalue weighted by atomic mass is 9.98. The van der Waals surface area contributed by atoms with Crippen LogP contribution >= 0.6 is 0 Å². The number of nitrogens with one attached hydrogen (secondary N) is 1. The van der Waals surface area contributed by atoms with Gasteiger partial charge in [-0.2, -0.15) is 5.26 Å². The van der Waals surface area contributed by atoms with E-state index in [-0.39, 0.29) is 6.61 Å². The molecule has 0 spiro atoms. The fourth-order valence-corrected chi connectivity index (χ4v) is 2.15. The Morgan fingerprint density at radius 2 is 2.15 bits per heavy atom. The second-order valence-corrected chi connectivity index (χ2v) is 5.01. The quantitative estimate of drug-likeness (QED) is 0.679. The van der Waals surface area contributed by atoms with Gasteiger partial charge < -0.3 is 9.84 Å². The highest BCUT2D eigenvalue weighted by Crippen LogP contribution is 2.19. The summed E-state index contributed by atoms with van der Waals surface area (Å²) >= 11 is 0. The molecule has 20 heavy (non-hydrogen) atoms. The second-order valence-electron chi connectivity index (χ2n) is 5.01. The molecule has 0 saturated carbocycles. The molecular weight excluding hydrogens is 252 g/mol. The number of hydrogen-bond donors (Lipinski definition) is 2. The van der Waals surface area contributed by atoms with E-state index in [4.69, 9.17) is 15.1 Å². The summed E-state index contributed by atoms with van der Waals surface area (Å²) in [5, 5.41) is 21.4. The van der Waals surface area contributed by atoms with Crippen LogP contribution in [0.25, 0.3) is 0 Å². The molecule has 0 aliphatic rings. The second kappa shape index (κ2) is 8.57. The average Bonchev–Trinajstić information content (AvgIpc) is 2.46. The summed E-state index contributed by atoms with van der Waals surface area (Å²) in [5.74, 6) is 0.823. The minimum Gasteiger partial charge on any atom is -0.493 e. The number of nitriles is 1. The topological polar surface area (TPSA) is 65.3 Å². The molecule has 0 fully saturated rings. The zero-order chi connectivity index (χ0) is 14.8. The molecule has 2 N–H and O–H groups in total. The van der Waals surface area contributed by atoms with Gasteiger partial charge in [0.25, 0.3) is 0 Å². The van der Waals surface area contributed by atoms with Crippen molar-refractivity contribution in [1.29, 1.82) is 5.26 Å². The smallest absolute Gasteiger partial charge is 0.122 e. The van der Waals surface area contributed by atoms with Gasteiger partial charge in [0.05, 0.1) is 12.7 Å². The Morgan fingerprint density at radius 3 is 2.80 bits per heavy atom. The number of nitrogens with zero attached hydrogens (tertiary/aromatic N) is 1. The minimum absolute atomic E-state index is 0.118. The van der Waals surface area contributed by atoms with Crippen LogP contribution in [0.1, 0.15) is 32.3 Å². The standard InChI is InChI=1S/C16H24N2O2/c1-3-18-16(2,13-17)10-6-12-20-15-8-5-4-7-14(15)9-11-19/h4-5,7-8,18-19H,3,6,9-12H2,1-2H3. The molecule has 0 aromatic heterocycles. The highest BCUT2D eigenvalue weighted by molar-refractivity contribution is 5.33. The predicted octanol–water partition coefficient (Wildman–Crippen LogP) is 2.27. The predicted molar refractivity (Wildman–Crippen MR) is 79.7 cm³/mol. The fourth-order valence-electron chi connectivity index (χ4n) is 2.15. The molecule has 0 heterocycles. The van der Waals surface area contributed by atoms with Crippen LogP contribution < -0.4 is 10.1 Å². The lowest BCUT2D eigenvalue weighted by Gasteiger charge is -2.22. The first kappa shape index (κ1) is 16.5. The molecule has 0 bridgehead atoms. The Labute approximate surface area is 121 Å². The Bertz CT molecular complexity index is 442. The molecule has 110 valence electrons. The molecule has 1 aromatic rings. The maximum absolute atomic E-state index is 9.17. The summed E-state index contributed by atoms with van der Waals surface area (Å²) in [6.45, 7) is 5.39. The van der Waals surface area contributed by atoms with E-state index in [9.17, 15) is 0 Å². The number of aliphatic hydroxyl groups excluding tert-OH is 1. The normalized spacial score (nSPS) is 13.5. The van der Waals surface area contributed by atoms with Crippen molar-refractivity contribution >= 4 is 0 Å². The molecule has 0 aliphatic carbocycles. The number of benzene rings is 1. The van der Waals surface area contributed by atoms with E-state index in [1.165, 1.54) is 0 Å². The summed E-state index contributed by atoms with van der Waals surface area (Å²) in [6.07, 6.45) is 2.16. The number of para-hydroxylation sites is 1. The molecule has 1 atom stereocenters. The van der Waals surface area contributed by atoms with Crippen LogP contribution in [0.2, 0.25) is 0 Å². The molecule has 4 heteroatoms. The number of aliphatic hydroxyl groups is 1. The molecule has 0 amide bonds. The summed E-state index contributed by atoms with van der Waals surface area (Å²) in [4.78, 5) is 0. The van der Waals surface area contributed by atoms with Gasteiger partial charge in [0, 0.05) is 6.61 Å². The van der Waals surface area contributed by atoms with Crippen molar-refractivity contribution in [3.8, 4) is 11.8 Å². The molecule has 1 aromatic carbocycles. The van der Waals surface area contributed by atoms with Crippen LogP contribution in [0, 0.1) is 11.3 Å². The van der Waals surface area contributed by atoms with Crippen molar-refractivity contribution in [2.45, 2.75) is 38.6 Å². The molecule has 1 unspecified atom stereocenters. The maximum Gasteiger partial charge on any atom is 0.122 e. The number of rotatable bonds is 9. The van der Waals surface area contributed by atoms with E-state index in [1.807, 2.05) is 38.1 Å². The summed E-state index contributed by atoms with van der Waals surface area (Å²) in [5.41, 5.74) is 0.535. The zero-order valence-corrected chi connectivity index (χ0v) is 12.4. The Hall–Kier alpha value is -1.57. The Balaban J connectivity index is 2.43. The van der Waals surface area contributed by atoms with Crippen LogP contribution in [-0.2, 0) is 6.42 Å². The van der Waals surface area contributed by atoms with Gasteiger partial charge in [0.2, 0.25) is 0 Å².